The van der Waals surface area contributed by atoms with Crippen molar-refractivity contribution in [2.24, 2.45) is 0 Å². The minimum Gasteiger partial charge on any atom is -0.372 e. The Bertz CT molecular complexity index is 304. The van der Waals surface area contributed by atoms with E-state index in [1.54, 1.807) is 7.11 Å². The summed E-state index contributed by atoms with van der Waals surface area (Å²) in [6, 6.07) is 8.12. The van der Waals surface area contributed by atoms with Gasteiger partial charge in [-0.25, -0.2) is 0 Å². The normalized spacial score (nSPS) is 8.83. The molecule has 62 valence electrons. The van der Waals surface area contributed by atoms with Gasteiger partial charge in [0.15, 0.2) is 0 Å². The van der Waals surface area contributed by atoms with Crippen LogP contribution in [0, 0.1) is 18.8 Å². The van der Waals surface area contributed by atoms with E-state index in [0.717, 1.165) is 5.56 Å². The van der Waals surface area contributed by atoms with Crippen LogP contribution in [0.2, 0.25) is 0 Å². The summed E-state index contributed by atoms with van der Waals surface area (Å²) in [5, 5.41) is 0. The van der Waals surface area contributed by atoms with Crippen molar-refractivity contribution < 1.29 is 4.74 Å². The van der Waals surface area contributed by atoms with E-state index in [0.29, 0.717) is 6.61 Å². The van der Waals surface area contributed by atoms with Crippen molar-refractivity contribution in [2.45, 2.75) is 6.92 Å². The molecular weight excluding hydrogens is 148 g/mol. The SMILES string of the molecule is COCC#Cc1cccc(C)c1. The Kier molecular flexibility index (Phi) is 3.37. The number of methoxy groups -OCH3 is 1. The number of aryl methyl sites for hydroxylation is 1. The Balaban J connectivity index is 2.71. The summed E-state index contributed by atoms with van der Waals surface area (Å²) in [6.45, 7) is 2.55. The van der Waals surface area contributed by atoms with Gasteiger partial charge in [0.25, 0.3) is 0 Å². The van der Waals surface area contributed by atoms with Crippen LogP contribution in [0.1, 0.15) is 11.1 Å². The first-order valence-electron chi connectivity index (χ1n) is 3.87. The highest BCUT2D eigenvalue weighted by Crippen LogP contribution is 2.01. The lowest BCUT2D eigenvalue weighted by Gasteiger charge is -1.91. The van der Waals surface area contributed by atoms with Gasteiger partial charge in [-0.3, -0.25) is 0 Å². The van der Waals surface area contributed by atoms with Gasteiger partial charge >= 0.3 is 0 Å². The van der Waals surface area contributed by atoms with Crippen LogP contribution in [0.4, 0.5) is 0 Å². The van der Waals surface area contributed by atoms with Gasteiger partial charge in [-0.2, -0.15) is 0 Å². The molecule has 0 aliphatic heterocycles. The molecule has 0 saturated heterocycles. The summed E-state index contributed by atoms with van der Waals surface area (Å²) in [5.74, 6) is 5.92. The Hall–Kier alpha value is -1.26. The third-order valence-electron chi connectivity index (χ3n) is 1.47. The molecule has 1 nitrogen and oxygen atoms in total. The zero-order chi connectivity index (χ0) is 8.81. The van der Waals surface area contributed by atoms with E-state index in [1.807, 2.05) is 12.1 Å². The van der Waals surface area contributed by atoms with Gasteiger partial charge in [0.05, 0.1) is 0 Å². The van der Waals surface area contributed by atoms with Crippen LogP contribution in [-0.4, -0.2) is 13.7 Å². The summed E-state index contributed by atoms with van der Waals surface area (Å²) in [7, 11) is 1.64. The monoisotopic (exact) mass is 160 g/mol. The predicted octanol–water partition coefficient (Wildman–Crippen LogP) is 1.99. The summed E-state index contributed by atoms with van der Waals surface area (Å²) in [5.41, 5.74) is 2.28. The molecule has 0 aromatic heterocycles. The smallest absolute Gasteiger partial charge is 0.107 e. The Morgan fingerprint density at radius 2 is 2.25 bits per heavy atom. The Morgan fingerprint density at radius 1 is 1.42 bits per heavy atom. The number of rotatable bonds is 1. The third kappa shape index (κ3) is 2.77. The molecule has 1 rings (SSSR count). The molecule has 0 atom stereocenters. The van der Waals surface area contributed by atoms with Gasteiger partial charge in [0.2, 0.25) is 0 Å². The molecule has 0 saturated carbocycles. The average molecular weight is 160 g/mol. The van der Waals surface area contributed by atoms with Crippen LogP contribution in [0.5, 0.6) is 0 Å². The molecule has 0 spiro atoms. The second kappa shape index (κ2) is 4.58. The van der Waals surface area contributed by atoms with Crippen molar-refractivity contribution in [1.82, 2.24) is 0 Å². The lowest BCUT2D eigenvalue weighted by atomic mass is 10.1. The summed E-state index contributed by atoms with van der Waals surface area (Å²) in [6.07, 6.45) is 0. The van der Waals surface area contributed by atoms with Crippen molar-refractivity contribution in [3.05, 3.63) is 35.4 Å². The van der Waals surface area contributed by atoms with E-state index < -0.39 is 0 Å². The van der Waals surface area contributed by atoms with E-state index in [9.17, 15) is 0 Å². The topological polar surface area (TPSA) is 9.23 Å². The van der Waals surface area contributed by atoms with Crippen LogP contribution >= 0.6 is 0 Å². The van der Waals surface area contributed by atoms with Gasteiger partial charge in [-0.15, -0.1) is 0 Å². The van der Waals surface area contributed by atoms with Crippen LogP contribution in [-0.2, 0) is 4.74 Å². The molecule has 0 radical (unpaired) electrons. The zero-order valence-corrected chi connectivity index (χ0v) is 7.42. The summed E-state index contributed by atoms with van der Waals surface area (Å²) >= 11 is 0. The van der Waals surface area contributed by atoms with E-state index in [1.165, 1.54) is 5.56 Å². The van der Waals surface area contributed by atoms with Crippen molar-refractivity contribution in [1.29, 1.82) is 0 Å². The Morgan fingerprint density at radius 3 is 2.92 bits per heavy atom. The van der Waals surface area contributed by atoms with Crippen molar-refractivity contribution >= 4 is 0 Å². The quantitative estimate of drug-likeness (QED) is 0.571. The van der Waals surface area contributed by atoms with Crippen LogP contribution in [0.25, 0.3) is 0 Å². The number of benzene rings is 1. The minimum atomic E-state index is 0.494. The van der Waals surface area contributed by atoms with Gasteiger partial charge < -0.3 is 4.74 Å². The van der Waals surface area contributed by atoms with E-state index in [4.69, 9.17) is 4.74 Å². The van der Waals surface area contributed by atoms with Gasteiger partial charge in [-0.05, 0) is 24.6 Å². The standard InChI is InChI=1S/C11H12O/c1-10-5-3-6-11(9-10)7-4-8-12-2/h3,5-6,9H,8H2,1-2H3. The van der Waals surface area contributed by atoms with Crippen molar-refractivity contribution in [2.75, 3.05) is 13.7 Å². The van der Waals surface area contributed by atoms with E-state index in [2.05, 4.69) is 30.9 Å². The molecule has 0 aliphatic carbocycles. The second-order valence-electron chi connectivity index (χ2n) is 2.60. The largest absolute Gasteiger partial charge is 0.372 e. The predicted molar refractivity (Wildman–Crippen MR) is 49.9 cm³/mol. The third-order valence-corrected chi connectivity index (χ3v) is 1.47. The molecule has 1 aromatic carbocycles. The maximum Gasteiger partial charge on any atom is 0.107 e. The fraction of sp³-hybridized carbons (Fsp3) is 0.273. The summed E-state index contributed by atoms with van der Waals surface area (Å²) in [4.78, 5) is 0. The zero-order valence-electron chi connectivity index (χ0n) is 7.42. The molecule has 0 fully saturated rings. The average Bonchev–Trinajstić information content (AvgIpc) is 2.05. The molecule has 0 heterocycles. The minimum absolute atomic E-state index is 0.494. The maximum atomic E-state index is 4.82. The molecule has 0 N–H and O–H groups in total. The molecule has 12 heavy (non-hydrogen) atoms. The van der Waals surface area contributed by atoms with Crippen molar-refractivity contribution in [3.8, 4) is 11.8 Å². The fourth-order valence-corrected chi connectivity index (χ4v) is 0.933. The number of hydrogen-bond donors (Lipinski definition) is 0. The molecule has 1 aromatic rings. The fourth-order valence-electron chi connectivity index (χ4n) is 0.933. The van der Waals surface area contributed by atoms with Crippen LogP contribution in [0.15, 0.2) is 24.3 Å². The van der Waals surface area contributed by atoms with Gasteiger partial charge in [0, 0.05) is 12.7 Å². The lowest BCUT2D eigenvalue weighted by molar-refractivity contribution is 0.240. The first-order chi connectivity index (χ1) is 5.83. The molecular formula is C11H12O. The molecule has 1 heteroatoms. The Labute approximate surface area is 73.4 Å². The van der Waals surface area contributed by atoms with Gasteiger partial charge in [0.1, 0.15) is 6.61 Å². The number of hydrogen-bond acceptors (Lipinski definition) is 1. The first kappa shape index (κ1) is 8.83. The maximum absolute atomic E-state index is 4.82. The molecule has 0 amide bonds. The summed E-state index contributed by atoms with van der Waals surface area (Å²) < 4.78 is 4.82. The van der Waals surface area contributed by atoms with Gasteiger partial charge in [-0.1, -0.05) is 24.0 Å². The van der Waals surface area contributed by atoms with Crippen molar-refractivity contribution in [3.63, 3.8) is 0 Å². The highest BCUT2D eigenvalue weighted by Gasteiger charge is 1.85. The highest BCUT2D eigenvalue weighted by molar-refractivity contribution is 5.36. The second-order valence-corrected chi connectivity index (χ2v) is 2.60. The highest BCUT2D eigenvalue weighted by atomic mass is 16.5. The van der Waals surface area contributed by atoms with Crippen LogP contribution < -0.4 is 0 Å². The van der Waals surface area contributed by atoms with Crippen LogP contribution in [0.3, 0.4) is 0 Å². The van der Waals surface area contributed by atoms with E-state index in [-0.39, 0.29) is 0 Å². The molecule has 0 aliphatic rings. The first-order valence-corrected chi connectivity index (χ1v) is 3.87. The molecule has 0 unspecified atom stereocenters. The van der Waals surface area contributed by atoms with E-state index >= 15 is 0 Å². The number of ether oxygens (including phenoxy) is 1. The molecule has 0 bridgehead atoms. The lowest BCUT2D eigenvalue weighted by Crippen LogP contribution is -1.82.